The van der Waals surface area contributed by atoms with Crippen LogP contribution >= 0.6 is 23.4 Å². The fourth-order valence-electron chi connectivity index (χ4n) is 2.20. The summed E-state index contributed by atoms with van der Waals surface area (Å²) < 4.78 is 1.52. The first-order chi connectivity index (χ1) is 10.5. The Bertz CT molecular complexity index is 843. The number of carboxylic acids is 1. The van der Waals surface area contributed by atoms with E-state index in [9.17, 15) is 4.79 Å². The van der Waals surface area contributed by atoms with Crippen LogP contribution in [-0.4, -0.2) is 20.9 Å². The standard InChI is InChI=1S/C16H13ClN2O2S/c1-10-2-7-14-13(8-10)16(18-19(14)9-15(20)21)22-12-5-3-11(17)4-6-12/h2-8H,9H2,1H3,(H,20,21). The van der Waals surface area contributed by atoms with E-state index in [0.717, 1.165) is 26.4 Å². The molecule has 0 radical (unpaired) electrons. The zero-order valence-corrected chi connectivity index (χ0v) is 13.4. The van der Waals surface area contributed by atoms with Gasteiger partial charge in [0.1, 0.15) is 11.6 Å². The Kier molecular flexibility index (Phi) is 4.09. The molecule has 0 unspecified atom stereocenters. The molecule has 0 saturated heterocycles. The maximum atomic E-state index is 11.0. The van der Waals surface area contributed by atoms with Crippen LogP contribution in [0.25, 0.3) is 10.9 Å². The lowest BCUT2D eigenvalue weighted by atomic mass is 10.2. The van der Waals surface area contributed by atoms with Gasteiger partial charge in [0.2, 0.25) is 0 Å². The largest absolute Gasteiger partial charge is 0.480 e. The second-order valence-corrected chi connectivity index (χ2v) is 6.43. The topological polar surface area (TPSA) is 55.1 Å². The summed E-state index contributed by atoms with van der Waals surface area (Å²) in [5.74, 6) is -0.909. The first kappa shape index (κ1) is 14.9. The van der Waals surface area contributed by atoms with Crippen LogP contribution in [0.15, 0.2) is 52.4 Å². The number of hydrogen-bond donors (Lipinski definition) is 1. The SMILES string of the molecule is Cc1ccc2c(c1)c(Sc1ccc(Cl)cc1)nn2CC(=O)O. The molecule has 2 aromatic carbocycles. The van der Waals surface area contributed by atoms with Crippen LogP contribution < -0.4 is 0 Å². The lowest BCUT2D eigenvalue weighted by molar-refractivity contribution is -0.137. The molecule has 22 heavy (non-hydrogen) atoms. The van der Waals surface area contributed by atoms with Gasteiger partial charge in [0.25, 0.3) is 0 Å². The number of benzene rings is 2. The smallest absolute Gasteiger partial charge is 0.325 e. The second-order valence-electron chi connectivity index (χ2n) is 4.93. The highest BCUT2D eigenvalue weighted by Crippen LogP contribution is 2.33. The summed E-state index contributed by atoms with van der Waals surface area (Å²) in [5, 5.41) is 15.9. The van der Waals surface area contributed by atoms with Crippen LogP contribution in [0.3, 0.4) is 0 Å². The number of aromatic nitrogens is 2. The summed E-state index contributed by atoms with van der Waals surface area (Å²) in [4.78, 5) is 12.0. The average molecular weight is 333 g/mol. The fourth-order valence-corrected chi connectivity index (χ4v) is 3.24. The Labute approximate surface area is 136 Å². The number of nitrogens with zero attached hydrogens (tertiary/aromatic N) is 2. The lowest BCUT2D eigenvalue weighted by Crippen LogP contribution is -2.09. The van der Waals surface area contributed by atoms with Gasteiger partial charge in [0.05, 0.1) is 5.52 Å². The van der Waals surface area contributed by atoms with Crippen molar-refractivity contribution in [3.63, 3.8) is 0 Å². The normalized spacial score (nSPS) is 11.0. The number of rotatable bonds is 4. The Morgan fingerprint density at radius 3 is 2.68 bits per heavy atom. The molecular formula is C16H13ClN2O2S. The van der Waals surface area contributed by atoms with Crippen LogP contribution in [-0.2, 0) is 11.3 Å². The molecule has 0 fully saturated rings. The monoisotopic (exact) mass is 332 g/mol. The molecule has 112 valence electrons. The molecule has 4 nitrogen and oxygen atoms in total. The molecule has 0 aliphatic heterocycles. The van der Waals surface area contributed by atoms with Crippen molar-refractivity contribution in [1.29, 1.82) is 0 Å². The van der Waals surface area contributed by atoms with Gasteiger partial charge in [-0.1, -0.05) is 35.0 Å². The summed E-state index contributed by atoms with van der Waals surface area (Å²) in [6, 6.07) is 13.4. The molecule has 3 rings (SSSR count). The van der Waals surface area contributed by atoms with Crippen LogP contribution in [0.1, 0.15) is 5.56 Å². The molecule has 0 aliphatic rings. The van der Waals surface area contributed by atoms with E-state index in [0.29, 0.717) is 5.02 Å². The van der Waals surface area contributed by atoms with Crippen LogP contribution in [0.4, 0.5) is 0 Å². The van der Waals surface area contributed by atoms with E-state index < -0.39 is 5.97 Å². The Hall–Kier alpha value is -1.98. The molecule has 0 saturated carbocycles. The van der Waals surface area contributed by atoms with Crippen molar-refractivity contribution in [2.45, 2.75) is 23.4 Å². The zero-order chi connectivity index (χ0) is 15.7. The summed E-state index contributed by atoms with van der Waals surface area (Å²) in [5.41, 5.74) is 1.93. The van der Waals surface area contributed by atoms with Crippen molar-refractivity contribution < 1.29 is 9.90 Å². The number of carboxylic acid groups (broad SMARTS) is 1. The minimum Gasteiger partial charge on any atom is -0.480 e. The maximum Gasteiger partial charge on any atom is 0.325 e. The molecule has 3 aromatic rings. The van der Waals surface area contributed by atoms with Crippen molar-refractivity contribution in [3.8, 4) is 0 Å². The van der Waals surface area contributed by atoms with Crippen molar-refractivity contribution in [1.82, 2.24) is 9.78 Å². The molecule has 0 amide bonds. The average Bonchev–Trinajstić information content (AvgIpc) is 2.78. The summed E-state index contributed by atoms with van der Waals surface area (Å²) in [6.45, 7) is 1.85. The van der Waals surface area contributed by atoms with Gasteiger partial charge in [-0.25, -0.2) is 0 Å². The number of carbonyl (C=O) groups is 1. The second kappa shape index (κ2) is 6.02. The number of aryl methyl sites for hydroxylation is 1. The van der Waals surface area contributed by atoms with Gasteiger partial charge in [0.15, 0.2) is 0 Å². The first-order valence-electron chi connectivity index (χ1n) is 6.65. The third-order valence-corrected chi connectivity index (χ3v) is 4.44. The van der Waals surface area contributed by atoms with Crippen LogP contribution in [0.2, 0.25) is 5.02 Å². The van der Waals surface area contributed by atoms with E-state index in [1.165, 1.54) is 16.4 Å². The maximum absolute atomic E-state index is 11.0. The first-order valence-corrected chi connectivity index (χ1v) is 7.85. The van der Waals surface area contributed by atoms with Gasteiger partial charge in [-0.2, -0.15) is 5.10 Å². The molecule has 0 spiro atoms. The Morgan fingerprint density at radius 2 is 2.00 bits per heavy atom. The molecule has 1 aromatic heterocycles. The van der Waals surface area contributed by atoms with Gasteiger partial charge in [-0.3, -0.25) is 9.48 Å². The lowest BCUT2D eigenvalue weighted by Gasteiger charge is -1.99. The van der Waals surface area contributed by atoms with Crippen LogP contribution in [0, 0.1) is 6.92 Å². The third-order valence-electron chi connectivity index (χ3n) is 3.19. The zero-order valence-electron chi connectivity index (χ0n) is 11.8. The van der Waals surface area contributed by atoms with E-state index in [4.69, 9.17) is 16.7 Å². The Morgan fingerprint density at radius 1 is 1.27 bits per heavy atom. The summed E-state index contributed by atoms with van der Waals surface area (Å²) in [7, 11) is 0. The summed E-state index contributed by atoms with van der Waals surface area (Å²) >= 11 is 7.40. The predicted molar refractivity (Wildman–Crippen MR) is 87.7 cm³/mol. The number of aliphatic carboxylic acids is 1. The third kappa shape index (κ3) is 3.10. The quantitative estimate of drug-likeness (QED) is 0.776. The van der Waals surface area contributed by atoms with E-state index in [1.807, 2.05) is 49.4 Å². The molecule has 0 bridgehead atoms. The Balaban J connectivity index is 2.05. The molecule has 1 heterocycles. The van der Waals surface area contributed by atoms with Gasteiger partial charge in [-0.15, -0.1) is 0 Å². The van der Waals surface area contributed by atoms with Gasteiger partial charge >= 0.3 is 5.97 Å². The van der Waals surface area contributed by atoms with Crippen LogP contribution in [0.5, 0.6) is 0 Å². The van der Waals surface area contributed by atoms with Gasteiger partial charge < -0.3 is 5.11 Å². The van der Waals surface area contributed by atoms with Crippen molar-refractivity contribution in [2.75, 3.05) is 0 Å². The van der Waals surface area contributed by atoms with E-state index in [2.05, 4.69) is 5.10 Å². The van der Waals surface area contributed by atoms with E-state index in [1.54, 1.807) is 0 Å². The van der Waals surface area contributed by atoms with E-state index >= 15 is 0 Å². The molecular weight excluding hydrogens is 320 g/mol. The highest BCUT2D eigenvalue weighted by molar-refractivity contribution is 7.99. The van der Waals surface area contributed by atoms with Crippen molar-refractivity contribution in [3.05, 3.63) is 53.1 Å². The minimum absolute atomic E-state index is 0.152. The minimum atomic E-state index is -0.909. The number of hydrogen-bond acceptors (Lipinski definition) is 3. The van der Waals surface area contributed by atoms with Gasteiger partial charge in [-0.05, 0) is 43.3 Å². The predicted octanol–water partition coefficient (Wildman–Crippen LogP) is 4.23. The fraction of sp³-hybridized carbons (Fsp3) is 0.125. The number of halogens is 1. The number of fused-ring (bicyclic) bond motifs is 1. The molecule has 0 aliphatic carbocycles. The van der Waals surface area contributed by atoms with Crippen molar-refractivity contribution >= 4 is 40.2 Å². The highest BCUT2D eigenvalue weighted by Gasteiger charge is 2.14. The summed E-state index contributed by atoms with van der Waals surface area (Å²) in [6.07, 6.45) is 0. The molecule has 0 atom stereocenters. The van der Waals surface area contributed by atoms with Gasteiger partial charge in [0, 0.05) is 15.3 Å². The molecule has 1 N–H and O–H groups in total. The van der Waals surface area contributed by atoms with E-state index in [-0.39, 0.29) is 6.54 Å². The molecule has 6 heteroatoms. The van der Waals surface area contributed by atoms with Crippen molar-refractivity contribution in [2.24, 2.45) is 0 Å². The highest BCUT2D eigenvalue weighted by atomic mass is 35.5.